The molecule has 0 radical (unpaired) electrons. The fraction of sp³-hybridized carbons (Fsp3) is 0.0476. The monoisotopic (exact) mass is 393 g/mol. The molecule has 0 aliphatic rings. The topological polar surface area (TPSA) is 93.8 Å². The van der Waals surface area contributed by atoms with Gasteiger partial charge in [-0.15, -0.1) is 0 Å². The average molecular weight is 393 g/mol. The van der Waals surface area contributed by atoms with Crippen LogP contribution < -0.4 is 10.2 Å². The van der Waals surface area contributed by atoms with E-state index in [1.165, 1.54) is 36.5 Å². The van der Waals surface area contributed by atoms with Crippen LogP contribution in [0.15, 0.2) is 77.9 Å². The van der Waals surface area contributed by atoms with Gasteiger partial charge in [0.25, 0.3) is 11.6 Å². The van der Waals surface area contributed by atoms with Gasteiger partial charge in [0.05, 0.1) is 11.1 Å². The van der Waals surface area contributed by atoms with Crippen molar-refractivity contribution in [1.29, 1.82) is 0 Å². The fourth-order valence-electron chi connectivity index (χ4n) is 2.42. The maximum atomic E-state index is 13.6. The third-order valence-electron chi connectivity index (χ3n) is 3.93. The number of rotatable bonds is 7. The van der Waals surface area contributed by atoms with E-state index < -0.39 is 10.8 Å². The minimum atomic E-state index is -0.574. The first kappa shape index (κ1) is 19.7. The van der Waals surface area contributed by atoms with Crippen molar-refractivity contribution in [2.24, 2.45) is 5.10 Å². The Hall–Kier alpha value is -4.07. The molecule has 1 amide bonds. The Morgan fingerprint density at radius 3 is 2.59 bits per heavy atom. The Balaban J connectivity index is 1.54. The molecule has 0 atom stereocenters. The van der Waals surface area contributed by atoms with E-state index in [-0.39, 0.29) is 23.7 Å². The van der Waals surface area contributed by atoms with E-state index in [2.05, 4.69) is 10.5 Å². The molecule has 3 aromatic carbocycles. The molecular weight excluding hydrogens is 377 g/mol. The highest BCUT2D eigenvalue weighted by Crippen LogP contribution is 2.15. The normalized spacial score (nSPS) is 10.7. The molecule has 8 heteroatoms. The molecule has 0 saturated heterocycles. The van der Waals surface area contributed by atoms with E-state index >= 15 is 0 Å². The lowest BCUT2D eigenvalue weighted by Gasteiger charge is -2.07. The van der Waals surface area contributed by atoms with E-state index in [4.69, 9.17) is 4.74 Å². The van der Waals surface area contributed by atoms with E-state index in [1.807, 2.05) is 0 Å². The third kappa shape index (κ3) is 5.46. The van der Waals surface area contributed by atoms with Gasteiger partial charge in [-0.05, 0) is 42.0 Å². The highest BCUT2D eigenvalue weighted by molar-refractivity contribution is 5.95. The van der Waals surface area contributed by atoms with Crippen LogP contribution in [0.25, 0.3) is 0 Å². The number of nitrogens with one attached hydrogen (secondary N) is 1. The van der Waals surface area contributed by atoms with Crippen molar-refractivity contribution in [2.75, 3.05) is 0 Å². The number of halogens is 1. The number of amides is 1. The van der Waals surface area contributed by atoms with E-state index in [9.17, 15) is 19.3 Å². The molecular formula is C21H16FN3O4. The van der Waals surface area contributed by atoms with Crippen LogP contribution in [0.4, 0.5) is 10.1 Å². The van der Waals surface area contributed by atoms with Gasteiger partial charge < -0.3 is 4.74 Å². The molecule has 0 bridgehead atoms. The number of benzene rings is 3. The Morgan fingerprint density at radius 1 is 1.10 bits per heavy atom. The lowest BCUT2D eigenvalue weighted by atomic mass is 10.2. The first-order chi connectivity index (χ1) is 14.0. The van der Waals surface area contributed by atoms with E-state index in [0.29, 0.717) is 16.9 Å². The SMILES string of the molecule is O=C(N/N=C\c1ccc(OCc2ccccc2F)cc1)c1cccc([N+](=O)[O-])c1. The van der Waals surface area contributed by atoms with Gasteiger partial charge in [-0.2, -0.15) is 5.10 Å². The number of hydrogen-bond acceptors (Lipinski definition) is 5. The van der Waals surface area contributed by atoms with Crippen molar-refractivity contribution >= 4 is 17.8 Å². The Bertz CT molecular complexity index is 1050. The molecule has 0 fully saturated rings. The second-order valence-electron chi connectivity index (χ2n) is 5.96. The van der Waals surface area contributed by atoms with Crippen molar-refractivity contribution in [1.82, 2.24) is 5.43 Å². The lowest BCUT2D eigenvalue weighted by Crippen LogP contribution is -2.17. The van der Waals surface area contributed by atoms with Crippen LogP contribution in [-0.2, 0) is 6.61 Å². The molecule has 146 valence electrons. The summed E-state index contributed by atoms with van der Waals surface area (Å²) in [5.41, 5.74) is 3.43. The summed E-state index contributed by atoms with van der Waals surface area (Å²) in [7, 11) is 0. The number of nitro benzene ring substituents is 1. The second kappa shape index (κ2) is 9.23. The number of nitrogens with zero attached hydrogens (tertiary/aromatic N) is 2. The van der Waals surface area contributed by atoms with Crippen LogP contribution in [-0.4, -0.2) is 17.0 Å². The molecule has 0 saturated carbocycles. The molecule has 0 unspecified atom stereocenters. The molecule has 29 heavy (non-hydrogen) atoms. The van der Waals surface area contributed by atoms with Gasteiger partial charge >= 0.3 is 0 Å². The predicted molar refractivity (Wildman–Crippen MR) is 105 cm³/mol. The quantitative estimate of drug-likeness (QED) is 0.372. The highest BCUT2D eigenvalue weighted by Gasteiger charge is 2.10. The molecule has 0 aromatic heterocycles. The summed E-state index contributed by atoms with van der Waals surface area (Å²) in [6.07, 6.45) is 1.43. The molecule has 0 aliphatic heterocycles. The Morgan fingerprint density at radius 2 is 1.86 bits per heavy atom. The highest BCUT2D eigenvalue weighted by atomic mass is 19.1. The van der Waals surface area contributed by atoms with E-state index in [1.54, 1.807) is 42.5 Å². The van der Waals surface area contributed by atoms with Crippen molar-refractivity contribution in [2.45, 2.75) is 6.61 Å². The molecule has 3 aromatic rings. The summed E-state index contributed by atoms with van der Waals surface area (Å²) in [5.74, 6) is -0.323. The van der Waals surface area contributed by atoms with Crippen LogP contribution in [0, 0.1) is 15.9 Å². The van der Waals surface area contributed by atoms with Gasteiger partial charge in [-0.1, -0.05) is 24.3 Å². The first-order valence-corrected chi connectivity index (χ1v) is 8.57. The van der Waals surface area contributed by atoms with E-state index in [0.717, 1.165) is 0 Å². The van der Waals surface area contributed by atoms with Gasteiger partial charge in [0.2, 0.25) is 0 Å². The summed E-state index contributed by atoms with van der Waals surface area (Å²) in [6, 6.07) is 18.6. The summed E-state index contributed by atoms with van der Waals surface area (Å²) in [6.45, 7) is 0.110. The zero-order valence-electron chi connectivity index (χ0n) is 15.1. The third-order valence-corrected chi connectivity index (χ3v) is 3.93. The van der Waals surface area contributed by atoms with Crippen LogP contribution in [0.1, 0.15) is 21.5 Å². The number of non-ortho nitro benzene ring substituents is 1. The maximum absolute atomic E-state index is 13.6. The van der Waals surface area contributed by atoms with Crippen LogP contribution in [0.2, 0.25) is 0 Å². The fourth-order valence-corrected chi connectivity index (χ4v) is 2.42. The van der Waals surface area contributed by atoms with Gasteiger partial charge in [-0.3, -0.25) is 14.9 Å². The van der Waals surface area contributed by atoms with Crippen molar-refractivity contribution in [3.8, 4) is 5.75 Å². The molecule has 1 N–H and O–H groups in total. The molecule has 3 rings (SSSR count). The summed E-state index contributed by atoms with van der Waals surface area (Å²) >= 11 is 0. The van der Waals surface area contributed by atoms with Gasteiger partial charge in [-0.25, -0.2) is 9.82 Å². The molecule has 0 spiro atoms. The minimum absolute atomic E-state index is 0.110. The summed E-state index contributed by atoms with van der Waals surface area (Å²) in [4.78, 5) is 22.2. The Labute approximate surface area is 165 Å². The number of carbonyl (C=O) groups is 1. The number of carbonyl (C=O) groups excluding carboxylic acids is 1. The molecule has 7 nitrogen and oxygen atoms in total. The minimum Gasteiger partial charge on any atom is -0.489 e. The van der Waals surface area contributed by atoms with Gasteiger partial charge in [0, 0.05) is 23.3 Å². The zero-order chi connectivity index (χ0) is 20.6. The Kier molecular flexibility index (Phi) is 6.26. The largest absolute Gasteiger partial charge is 0.489 e. The van der Waals surface area contributed by atoms with Gasteiger partial charge in [0.1, 0.15) is 18.2 Å². The number of nitro groups is 1. The lowest BCUT2D eigenvalue weighted by molar-refractivity contribution is -0.384. The average Bonchev–Trinajstić information content (AvgIpc) is 2.74. The maximum Gasteiger partial charge on any atom is 0.271 e. The summed E-state index contributed by atoms with van der Waals surface area (Å²) in [5, 5.41) is 14.6. The first-order valence-electron chi connectivity index (χ1n) is 8.57. The van der Waals surface area contributed by atoms with Crippen LogP contribution in [0.3, 0.4) is 0 Å². The smallest absolute Gasteiger partial charge is 0.271 e. The van der Waals surface area contributed by atoms with Crippen molar-refractivity contribution in [3.05, 3.63) is 105 Å². The summed E-state index contributed by atoms with van der Waals surface area (Å²) < 4.78 is 19.1. The predicted octanol–water partition coefficient (Wildman–Crippen LogP) is 4.08. The van der Waals surface area contributed by atoms with Crippen LogP contribution >= 0.6 is 0 Å². The number of hydrazone groups is 1. The van der Waals surface area contributed by atoms with Crippen molar-refractivity contribution in [3.63, 3.8) is 0 Å². The molecule has 0 aliphatic carbocycles. The number of ether oxygens (including phenoxy) is 1. The standard InChI is InChI=1S/C21H16FN3O4/c22-20-7-2-1-4-17(20)14-29-19-10-8-15(9-11-19)13-23-24-21(26)16-5-3-6-18(12-16)25(27)28/h1-13H,14H2,(H,24,26)/b23-13-. The van der Waals surface area contributed by atoms with Crippen molar-refractivity contribution < 1.29 is 18.8 Å². The number of hydrogen-bond donors (Lipinski definition) is 1. The second-order valence-corrected chi connectivity index (χ2v) is 5.96. The van der Waals surface area contributed by atoms with Crippen LogP contribution in [0.5, 0.6) is 5.75 Å². The zero-order valence-corrected chi connectivity index (χ0v) is 15.1. The van der Waals surface area contributed by atoms with Gasteiger partial charge in [0.15, 0.2) is 0 Å². The molecule has 0 heterocycles.